The molecule has 1 aromatic carbocycles. The zero-order valence-electron chi connectivity index (χ0n) is 10.8. The predicted molar refractivity (Wildman–Crippen MR) is 79.6 cm³/mol. The fourth-order valence-electron chi connectivity index (χ4n) is 2.20. The van der Waals surface area contributed by atoms with Gasteiger partial charge >= 0.3 is 0 Å². The van der Waals surface area contributed by atoms with Gasteiger partial charge in [-0.15, -0.1) is 11.3 Å². The standard InChI is InChI=1S/C13H15N3O2S2/c17-20(18,16-6-4-13-15-7-8-19-13)11-1-2-12-10(9-11)3-5-14-12/h1-2,7-9,14,16H,3-6H2. The number of hydrogen-bond donors (Lipinski definition) is 2. The molecular weight excluding hydrogens is 294 g/mol. The van der Waals surface area contributed by atoms with E-state index in [0.717, 1.165) is 29.2 Å². The van der Waals surface area contributed by atoms with Crippen molar-refractivity contribution in [2.45, 2.75) is 17.7 Å². The smallest absolute Gasteiger partial charge is 0.240 e. The lowest BCUT2D eigenvalue weighted by atomic mass is 10.2. The van der Waals surface area contributed by atoms with Crippen LogP contribution in [0.5, 0.6) is 0 Å². The summed E-state index contributed by atoms with van der Waals surface area (Å²) in [6, 6.07) is 5.22. The lowest BCUT2D eigenvalue weighted by molar-refractivity contribution is 0.581. The van der Waals surface area contributed by atoms with Crippen LogP contribution in [0.15, 0.2) is 34.7 Å². The Kier molecular flexibility index (Phi) is 3.73. The molecule has 0 aliphatic carbocycles. The molecule has 1 aromatic heterocycles. The van der Waals surface area contributed by atoms with E-state index in [1.165, 1.54) is 11.3 Å². The fraction of sp³-hybridized carbons (Fsp3) is 0.308. The molecule has 0 bridgehead atoms. The Morgan fingerprint density at radius 2 is 2.30 bits per heavy atom. The van der Waals surface area contributed by atoms with Crippen LogP contribution in [0.2, 0.25) is 0 Å². The van der Waals surface area contributed by atoms with Crippen molar-refractivity contribution < 1.29 is 8.42 Å². The molecule has 2 heterocycles. The van der Waals surface area contributed by atoms with E-state index in [1.807, 2.05) is 11.4 Å². The van der Waals surface area contributed by atoms with Crippen molar-refractivity contribution in [1.29, 1.82) is 0 Å². The molecule has 0 saturated heterocycles. The molecule has 0 spiro atoms. The molecule has 1 aliphatic heterocycles. The minimum Gasteiger partial charge on any atom is -0.384 e. The summed E-state index contributed by atoms with van der Waals surface area (Å²) in [5.74, 6) is 0. The van der Waals surface area contributed by atoms with Crippen LogP contribution in [0, 0.1) is 0 Å². The van der Waals surface area contributed by atoms with Gasteiger partial charge in [-0.25, -0.2) is 18.1 Å². The van der Waals surface area contributed by atoms with Crippen LogP contribution in [0.1, 0.15) is 10.6 Å². The Hall–Kier alpha value is -1.44. The van der Waals surface area contributed by atoms with Crippen LogP contribution in [-0.4, -0.2) is 26.5 Å². The topological polar surface area (TPSA) is 71.1 Å². The first-order valence-electron chi connectivity index (χ1n) is 6.40. The number of aromatic nitrogens is 1. The Balaban J connectivity index is 1.68. The summed E-state index contributed by atoms with van der Waals surface area (Å²) in [5, 5.41) is 6.04. The summed E-state index contributed by atoms with van der Waals surface area (Å²) >= 11 is 1.53. The first-order valence-corrected chi connectivity index (χ1v) is 8.76. The maximum absolute atomic E-state index is 12.2. The average Bonchev–Trinajstić information content (AvgIpc) is 3.08. The zero-order valence-corrected chi connectivity index (χ0v) is 12.4. The lowest BCUT2D eigenvalue weighted by Crippen LogP contribution is -2.26. The van der Waals surface area contributed by atoms with Crippen LogP contribution >= 0.6 is 11.3 Å². The SMILES string of the molecule is O=S(=O)(NCCc1nccs1)c1ccc2c(c1)CCN2. The highest BCUT2D eigenvalue weighted by Crippen LogP contribution is 2.24. The van der Waals surface area contributed by atoms with E-state index >= 15 is 0 Å². The van der Waals surface area contributed by atoms with Crippen LogP contribution in [-0.2, 0) is 22.9 Å². The Morgan fingerprint density at radius 1 is 1.40 bits per heavy atom. The van der Waals surface area contributed by atoms with Gasteiger partial charge in [0.25, 0.3) is 0 Å². The largest absolute Gasteiger partial charge is 0.384 e. The summed E-state index contributed by atoms with van der Waals surface area (Å²) in [5.41, 5.74) is 2.10. The first kappa shape index (κ1) is 13.5. The molecule has 0 atom stereocenters. The highest BCUT2D eigenvalue weighted by Gasteiger charge is 2.17. The van der Waals surface area contributed by atoms with Crippen molar-refractivity contribution in [1.82, 2.24) is 9.71 Å². The molecule has 0 saturated carbocycles. The number of anilines is 1. The average molecular weight is 309 g/mol. The van der Waals surface area contributed by atoms with Crippen molar-refractivity contribution in [2.75, 3.05) is 18.4 Å². The number of nitrogens with zero attached hydrogens (tertiary/aromatic N) is 1. The minimum absolute atomic E-state index is 0.332. The first-order chi connectivity index (χ1) is 9.65. The summed E-state index contributed by atoms with van der Waals surface area (Å²) in [7, 11) is -3.44. The molecule has 2 N–H and O–H groups in total. The highest BCUT2D eigenvalue weighted by atomic mass is 32.2. The fourth-order valence-corrected chi connectivity index (χ4v) is 3.90. The van der Waals surface area contributed by atoms with Gasteiger partial charge in [-0.3, -0.25) is 0 Å². The number of hydrogen-bond acceptors (Lipinski definition) is 5. The van der Waals surface area contributed by atoms with Gasteiger partial charge in [0.05, 0.1) is 9.90 Å². The number of sulfonamides is 1. The van der Waals surface area contributed by atoms with Crippen molar-refractivity contribution in [3.8, 4) is 0 Å². The summed E-state index contributed by atoms with van der Waals surface area (Å²) in [6.07, 6.45) is 3.21. The van der Waals surface area contributed by atoms with Crippen molar-refractivity contribution in [2.24, 2.45) is 0 Å². The molecule has 0 unspecified atom stereocenters. The molecular formula is C13H15N3O2S2. The monoisotopic (exact) mass is 309 g/mol. The summed E-state index contributed by atoms with van der Waals surface area (Å²) in [6.45, 7) is 1.24. The summed E-state index contributed by atoms with van der Waals surface area (Å²) in [4.78, 5) is 4.46. The Labute approximate surface area is 122 Å². The van der Waals surface area contributed by atoms with Crippen LogP contribution in [0.3, 0.4) is 0 Å². The maximum Gasteiger partial charge on any atom is 0.240 e. The molecule has 0 fully saturated rings. The van der Waals surface area contributed by atoms with E-state index in [9.17, 15) is 8.42 Å². The van der Waals surface area contributed by atoms with Crippen LogP contribution in [0.4, 0.5) is 5.69 Å². The van der Waals surface area contributed by atoms with E-state index in [2.05, 4.69) is 15.0 Å². The quantitative estimate of drug-likeness (QED) is 0.881. The Morgan fingerprint density at radius 3 is 3.10 bits per heavy atom. The van der Waals surface area contributed by atoms with Crippen LogP contribution < -0.4 is 10.0 Å². The van der Waals surface area contributed by atoms with E-state index in [-0.39, 0.29) is 0 Å². The molecule has 0 amide bonds. The van der Waals surface area contributed by atoms with E-state index in [0.29, 0.717) is 17.9 Å². The number of benzene rings is 1. The van der Waals surface area contributed by atoms with Gasteiger partial charge in [-0.05, 0) is 30.2 Å². The minimum atomic E-state index is -3.44. The number of thiazole rings is 1. The molecule has 7 heteroatoms. The zero-order chi connectivity index (χ0) is 14.0. The van der Waals surface area contributed by atoms with Gasteiger partial charge in [-0.2, -0.15) is 0 Å². The molecule has 0 radical (unpaired) electrons. The lowest BCUT2D eigenvalue weighted by Gasteiger charge is -2.07. The van der Waals surface area contributed by atoms with E-state index in [1.54, 1.807) is 18.3 Å². The van der Waals surface area contributed by atoms with Gasteiger partial charge in [0.2, 0.25) is 10.0 Å². The Bertz CT molecular complexity index is 696. The normalized spacial score (nSPS) is 14.0. The third kappa shape index (κ3) is 2.84. The highest BCUT2D eigenvalue weighted by molar-refractivity contribution is 7.89. The van der Waals surface area contributed by atoms with Gasteiger partial charge in [-0.1, -0.05) is 0 Å². The second-order valence-electron chi connectivity index (χ2n) is 4.57. The van der Waals surface area contributed by atoms with Gasteiger partial charge in [0.15, 0.2) is 0 Å². The second kappa shape index (κ2) is 5.51. The molecule has 1 aliphatic rings. The van der Waals surface area contributed by atoms with E-state index < -0.39 is 10.0 Å². The number of nitrogens with one attached hydrogen (secondary N) is 2. The predicted octanol–water partition coefficient (Wildman–Crippen LogP) is 1.63. The molecule has 20 heavy (non-hydrogen) atoms. The molecule has 3 rings (SSSR count). The number of fused-ring (bicyclic) bond motifs is 1. The van der Waals surface area contributed by atoms with Gasteiger partial charge in [0.1, 0.15) is 0 Å². The number of rotatable bonds is 5. The van der Waals surface area contributed by atoms with Crippen molar-refractivity contribution >= 4 is 27.0 Å². The van der Waals surface area contributed by atoms with Crippen LogP contribution in [0.25, 0.3) is 0 Å². The molecule has 106 valence electrons. The molecule has 5 nitrogen and oxygen atoms in total. The maximum atomic E-state index is 12.2. The second-order valence-corrected chi connectivity index (χ2v) is 7.32. The summed E-state index contributed by atoms with van der Waals surface area (Å²) < 4.78 is 27.0. The third-order valence-corrected chi connectivity index (χ3v) is 5.51. The van der Waals surface area contributed by atoms with Gasteiger partial charge < -0.3 is 5.32 Å². The van der Waals surface area contributed by atoms with Crippen molar-refractivity contribution in [3.05, 3.63) is 40.3 Å². The van der Waals surface area contributed by atoms with Crippen molar-refractivity contribution in [3.63, 3.8) is 0 Å². The molecule has 2 aromatic rings. The third-order valence-electron chi connectivity index (χ3n) is 3.21. The van der Waals surface area contributed by atoms with E-state index in [4.69, 9.17) is 0 Å². The van der Waals surface area contributed by atoms with Gasteiger partial charge in [0, 0.05) is 36.8 Å².